The van der Waals surface area contributed by atoms with Crippen molar-refractivity contribution in [2.75, 3.05) is 32.0 Å². The highest BCUT2D eigenvalue weighted by Crippen LogP contribution is 2.32. The van der Waals surface area contributed by atoms with Gasteiger partial charge in [-0.2, -0.15) is 0 Å². The average Bonchev–Trinajstić information content (AvgIpc) is 2.83. The molecule has 1 aliphatic rings. The van der Waals surface area contributed by atoms with Gasteiger partial charge in [-0.05, 0) is 50.5 Å². The first-order valence-corrected chi connectivity index (χ1v) is 7.74. The largest absolute Gasteiger partial charge is 0.361 e. The Kier molecular flexibility index (Phi) is 3.46. The molecule has 2 heterocycles. The molecule has 0 amide bonds. The summed E-state index contributed by atoms with van der Waals surface area (Å²) in [5.41, 5.74) is 1.51. The molecular formula is C15H21N3S. The third kappa shape index (κ3) is 2.90. The van der Waals surface area contributed by atoms with Gasteiger partial charge in [-0.3, -0.25) is 0 Å². The van der Waals surface area contributed by atoms with Gasteiger partial charge in [-0.1, -0.05) is 30.4 Å². The highest BCUT2D eigenvalue weighted by molar-refractivity contribution is 7.22. The summed E-state index contributed by atoms with van der Waals surface area (Å²) in [5, 5.41) is 4.60. The van der Waals surface area contributed by atoms with E-state index in [2.05, 4.69) is 47.4 Å². The first-order chi connectivity index (χ1) is 9.15. The number of piperidine rings is 1. The topological polar surface area (TPSA) is 28.2 Å². The van der Waals surface area contributed by atoms with E-state index in [0.29, 0.717) is 5.41 Å². The van der Waals surface area contributed by atoms with Crippen molar-refractivity contribution >= 4 is 26.7 Å². The van der Waals surface area contributed by atoms with Crippen LogP contribution >= 0.6 is 11.3 Å². The smallest absolute Gasteiger partial charge is 0.183 e. The molecule has 2 aromatic rings. The molecule has 1 aromatic heterocycles. The van der Waals surface area contributed by atoms with Gasteiger partial charge < -0.3 is 10.2 Å². The first kappa shape index (κ1) is 12.9. The number of hydrogen-bond acceptors (Lipinski definition) is 4. The summed E-state index contributed by atoms with van der Waals surface area (Å²) in [4.78, 5) is 7.06. The number of nitrogens with one attached hydrogen (secondary N) is 1. The van der Waals surface area contributed by atoms with E-state index in [4.69, 9.17) is 0 Å². The van der Waals surface area contributed by atoms with Crippen LogP contribution in [0.15, 0.2) is 24.3 Å². The second-order valence-corrected chi connectivity index (χ2v) is 6.98. The van der Waals surface area contributed by atoms with Crippen molar-refractivity contribution in [3.8, 4) is 0 Å². The Balaban J connectivity index is 1.65. The van der Waals surface area contributed by atoms with Crippen LogP contribution in [0.25, 0.3) is 10.2 Å². The van der Waals surface area contributed by atoms with Gasteiger partial charge in [0.1, 0.15) is 0 Å². The molecule has 0 saturated carbocycles. The summed E-state index contributed by atoms with van der Waals surface area (Å²) in [6, 6.07) is 8.33. The maximum atomic E-state index is 4.64. The van der Waals surface area contributed by atoms with Gasteiger partial charge in [-0.25, -0.2) is 4.98 Å². The van der Waals surface area contributed by atoms with E-state index in [1.54, 1.807) is 11.3 Å². The van der Waals surface area contributed by atoms with Gasteiger partial charge in [-0.15, -0.1) is 0 Å². The SMILES string of the molecule is CN1CCC(C)(CNc2nc3ccccc3s2)CC1. The zero-order valence-electron chi connectivity index (χ0n) is 11.6. The number of benzene rings is 1. The van der Waals surface area contributed by atoms with Gasteiger partial charge in [0.2, 0.25) is 0 Å². The van der Waals surface area contributed by atoms with Crippen LogP contribution < -0.4 is 5.32 Å². The van der Waals surface area contributed by atoms with Crippen LogP contribution in [0.5, 0.6) is 0 Å². The minimum atomic E-state index is 0.407. The van der Waals surface area contributed by atoms with Gasteiger partial charge in [0, 0.05) is 6.54 Å². The molecule has 0 aliphatic carbocycles. The predicted molar refractivity (Wildman–Crippen MR) is 82.9 cm³/mol. The highest BCUT2D eigenvalue weighted by Gasteiger charge is 2.28. The Labute approximate surface area is 118 Å². The summed E-state index contributed by atoms with van der Waals surface area (Å²) in [7, 11) is 2.21. The second kappa shape index (κ2) is 5.10. The van der Waals surface area contributed by atoms with Gasteiger partial charge >= 0.3 is 0 Å². The summed E-state index contributed by atoms with van der Waals surface area (Å²) in [6.45, 7) is 5.83. The van der Waals surface area contributed by atoms with Crippen molar-refractivity contribution in [1.82, 2.24) is 9.88 Å². The number of rotatable bonds is 3. The zero-order valence-corrected chi connectivity index (χ0v) is 12.5. The van der Waals surface area contributed by atoms with Crippen molar-refractivity contribution in [3.05, 3.63) is 24.3 Å². The molecule has 1 aliphatic heterocycles. The fourth-order valence-corrected chi connectivity index (χ4v) is 3.43. The summed E-state index contributed by atoms with van der Waals surface area (Å²) in [6.07, 6.45) is 2.53. The summed E-state index contributed by atoms with van der Waals surface area (Å²) < 4.78 is 1.26. The van der Waals surface area contributed by atoms with E-state index >= 15 is 0 Å². The van der Waals surface area contributed by atoms with E-state index in [9.17, 15) is 0 Å². The molecule has 0 radical (unpaired) electrons. The summed E-state index contributed by atoms with van der Waals surface area (Å²) >= 11 is 1.75. The van der Waals surface area contributed by atoms with Crippen LogP contribution in [0.3, 0.4) is 0 Å². The van der Waals surface area contributed by atoms with Crippen LogP contribution in [-0.2, 0) is 0 Å². The number of thiazole rings is 1. The molecule has 3 nitrogen and oxygen atoms in total. The Hall–Kier alpha value is -1.13. The second-order valence-electron chi connectivity index (χ2n) is 5.95. The normalized spacial score (nSPS) is 19.7. The lowest BCUT2D eigenvalue weighted by Gasteiger charge is -2.37. The molecule has 0 atom stereocenters. The maximum absolute atomic E-state index is 4.64. The third-order valence-corrected chi connectivity index (χ3v) is 5.15. The fourth-order valence-electron chi connectivity index (χ4n) is 2.57. The number of likely N-dealkylation sites (tertiary alicyclic amines) is 1. The van der Waals surface area contributed by atoms with E-state index in [-0.39, 0.29) is 0 Å². The van der Waals surface area contributed by atoms with E-state index < -0.39 is 0 Å². The lowest BCUT2D eigenvalue weighted by Crippen LogP contribution is -2.40. The standard InChI is InChI=1S/C15H21N3S/c1-15(7-9-18(2)10-8-15)11-16-14-17-12-5-3-4-6-13(12)19-14/h3-6H,7-11H2,1-2H3,(H,16,17). The van der Waals surface area contributed by atoms with Crippen LogP contribution in [0.2, 0.25) is 0 Å². The van der Waals surface area contributed by atoms with Crippen molar-refractivity contribution in [2.24, 2.45) is 5.41 Å². The molecule has 3 rings (SSSR count). The molecule has 0 spiro atoms. The monoisotopic (exact) mass is 275 g/mol. The third-order valence-electron chi connectivity index (χ3n) is 4.15. The average molecular weight is 275 g/mol. The van der Waals surface area contributed by atoms with Crippen LogP contribution in [0.4, 0.5) is 5.13 Å². The van der Waals surface area contributed by atoms with Crippen molar-refractivity contribution in [1.29, 1.82) is 0 Å². The highest BCUT2D eigenvalue weighted by atomic mass is 32.1. The van der Waals surface area contributed by atoms with Crippen molar-refractivity contribution < 1.29 is 0 Å². The van der Waals surface area contributed by atoms with Crippen LogP contribution in [0, 0.1) is 5.41 Å². The Bertz CT molecular complexity index is 522. The number of nitrogens with zero attached hydrogens (tertiary/aromatic N) is 2. The lowest BCUT2D eigenvalue weighted by atomic mass is 9.80. The molecule has 1 fully saturated rings. The number of para-hydroxylation sites is 1. The zero-order chi connectivity index (χ0) is 13.3. The summed E-state index contributed by atoms with van der Waals surface area (Å²) in [5.74, 6) is 0. The predicted octanol–water partition coefficient (Wildman–Crippen LogP) is 3.44. The molecular weight excluding hydrogens is 254 g/mol. The van der Waals surface area contributed by atoms with Crippen LogP contribution in [-0.4, -0.2) is 36.6 Å². The number of aromatic nitrogens is 1. The molecule has 102 valence electrons. The van der Waals surface area contributed by atoms with E-state index in [1.165, 1.54) is 30.6 Å². The lowest BCUT2D eigenvalue weighted by molar-refractivity contribution is 0.150. The number of hydrogen-bond donors (Lipinski definition) is 1. The number of fused-ring (bicyclic) bond motifs is 1. The van der Waals surface area contributed by atoms with Crippen LogP contribution in [0.1, 0.15) is 19.8 Å². The molecule has 0 unspecified atom stereocenters. The molecule has 1 aromatic carbocycles. The van der Waals surface area contributed by atoms with Crippen molar-refractivity contribution in [2.45, 2.75) is 19.8 Å². The quantitative estimate of drug-likeness (QED) is 0.930. The Morgan fingerprint density at radius 3 is 2.79 bits per heavy atom. The maximum Gasteiger partial charge on any atom is 0.183 e. The van der Waals surface area contributed by atoms with Gasteiger partial charge in [0.15, 0.2) is 5.13 Å². The Morgan fingerprint density at radius 2 is 2.05 bits per heavy atom. The molecule has 4 heteroatoms. The minimum Gasteiger partial charge on any atom is -0.361 e. The molecule has 0 bridgehead atoms. The van der Waals surface area contributed by atoms with Gasteiger partial charge in [0.25, 0.3) is 0 Å². The fraction of sp³-hybridized carbons (Fsp3) is 0.533. The van der Waals surface area contributed by atoms with E-state index in [1.807, 2.05) is 6.07 Å². The first-order valence-electron chi connectivity index (χ1n) is 6.93. The molecule has 1 N–H and O–H groups in total. The minimum absolute atomic E-state index is 0.407. The molecule has 19 heavy (non-hydrogen) atoms. The van der Waals surface area contributed by atoms with Gasteiger partial charge in [0.05, 0.1) is 10.2 Å². The van der Waals surface area contributed by atoms with Crippen molar-refractivity contribution in [3.63, 3.8) is 0 Å². The Morgan fingerprint density at radius 1 is 1.32 bits per heavy atom. The van der Waals surface area contributed by atoms with E-state index in [0.717, 1.165) is 17.2 Å². The number of anilines is 1. The molecule has 1 saturated heterocycles.